The third-order valence-corrected chi connectivity index (χ3v) is 5.63. The van der Waals surface area contributed by atoms with Gasteiger partial charge in [-0.1, -0.05) is 42.5 Å². The molecule has 4 nitrogen and oxygen atoms in total. The molecule has 0 aliphatic carbocycles. The standard InChI is InChI=1S/C23H29N3OS/c1-17-8-9-18(2)21(16-17)25-23(28)26-14-12-20(13-15-26)24-22(27)11-10-19-6-4-3-5-7-19/h3-9,16,20H,10-15H2,1-2H3,(H,24,27)(H,25,28). The number of rotatable bonds is 5. The first-order valence-corrected chi connectivity index (χ1v) is 10.4. The molecule has 1 aliphatic heterocycles. The van der Waals surface area contributed by atoms with Crippen molar-refractivity contribution in [2.45, 2.75) is 45.6 Å². The zero-order valence-corrected chi connectivity index (χ0v) is 17.5. The average Bonchev–Trinajstić information content (AvgIpc) is 2.70. The number of carbonyl (C=O) groups excluding carboxylic acids is 1. The van der Waals surface area contributed by atoms with Crippen molar-refractivity contribution in [3.63, 3.8) is 0 Å². The first-order valence-electron chi connectivity index (χ1n) is 9.98. The van der Waals surface area contributed by atoms with Gasteiger partial charge >= 0.3 is 0 Å². The van der Waals surface area contributed by atoms with Gasteiger partial charge in [0.05, 0.1) is 0 Å². The van der Waals surface area contributed by atoms with E-state index in [-0.39, 0.29) is 11.9 Å². The number of thiocarbonyl (C=S) groups is 1. The third kappa shape index (κ3) is 5.80. The molecule has 0 saturated carbocycles. The Kier molecular flexibility index (Phi) is 7.04. The van der Waals surface area contributed by atoms with Crippen molar-refractivity contribution < 1.29 is 4.79 Å². The maximum atomic E-state index is 12.2. The Balaban J connectivity index is 1.42. The van der Waals surface area contributed by atoms with Crippen LogP contribution >= 0.6 is 12.2 Å². The molecule has 2 aromatic rings. The summed E-state index contributed by atoms with van der Waals surface area (Å²) in [5, 5.41) is 7.34. The number of nitrogens with one attached hydrogen (secondary N) is 2. The minimum atomic E-state index is 0.137. The third-order valence-electron chi connectivity index (χ3n) is 5.27. The minimum Gasteiger partial charge on any atom is -0.353 e. The Labute approximate surface area is 173 Å². The summed E-state index contributed by atoms with van der Waals surface area (Å²) in [5.41, 5.74) is 4.68. The quantitative estimate of drug-likeness (QED) is 0.744. The van der Waals surface area contributed by atoms with Crippen molar-refractivity contribution in [2.24, 2.45) is 0 Å². The number of carbonyl (C=O) groups is 1. The van der Waals surface area contributed by atoms with Gasteiger partial charge in [0.1, 0.15) is 0 Å². The molecule has 1 saturated heterocycles. The second-order valence-corrected chi connectivity index (χ2v) is 7.95. The highest BCUT2D eigenvalue weighted by molar-refractivity contribution is 7.80. The van der Waals surface area contributed by atoms with Gasteiger partial charge in [-0.2, -0.15) is 0 Å². The summed E-state index contributed by atoms with van der Waals surface area (Å²) in [6.45, 7) is 5.89. The first-order chi connectivity index (χ1) is 13.5. The molecule has 0 bridgehead atoms. The SMILES string of the molecule is Cc1ccc(C)c(NC(=S)N2CCC(NC(=O)CCc3ccccc3)CC2)c1. The summed E-state index contributed by atoms with van der Waals surface area (Å²) in [7, 11) is 0. The van der Waals surface area contributed by atoms with Crippen LogP contribution in [0, 0.1) is 13.8 Å². The number of aryl methyl sites for hydroxylation is 3. The maximum Gasteiger partial charge on any atom is 0.220 e. The Morgan fingerprint density at radius 2 is 1.82 bits per heavy atom. The van der Waals surface area contributed by atoms with E-state index in [0.29, 0.717) is 6.42 Å². The monoisotopic (exact) mass is 395 g/mol. The smallest absolute Gasteiger partial charge is 0.220 e. The van der Waals surface area contributed by atoms with Crippen molar-refractivity contribution in [1.29, 1.82) is 0 Å². The Morgan fingerprint density at radius 3 is 2.54 bits per heavy atom. The van der Waals surface area contributed by atoms with Gasteiger partial charge in [0.15, 0.2) is 5.11 Å². The minimum absolute atomic E-state index is 0.137. The van der Waals surface area contributed by atoms with Gasteiger partial charge in [-0.25, -0.2) is 0 Å². The van der Waals surface area contributed by atoms with E-state index in [1.807, 2.05) is 18.2 Å². The number of hydrogen-bond acceptors (Lipinski definition) is 2. The second kappa shape index (κ2) is 9.69. The molecule has 2 N–H and O–H groups in total. The summed E-state index contributed by atoms with van der Waals surface area (Å²) in [4.78, 5) is 14.4. The van der Waals surface area contributed by atoms with Crippen LogP contribution in [0.25, 0.3) is 0 Å². The van der Waals surface area contributed by atoms with E-state index in [0.717, 1.165) is 43.2 Å². The topological polar surface area (TPSA) is 44.4 Å². The van der Waals surface area contributed by atoms with Crippen molar-refractivity contribution in [1.82, 2.24) is 10.2 Å². The van der Waals surface area contributed by atoms with E-state index >= 15 is 0 Å². The van der Waals surface area contributed by atoms with Crippen LogP contribution in [0.5, 0.6) is 0 Å². The molecule has 0 unspecified atom stereocenters. The highest BCUT2D eigenvalue weighted by Gasteiger charge is 2.22. The molecule has 3 rings (SSSR count). The van der Waals surface area contributed by atoms with E-state index in [2.05, 4.69) is 59.7 Å². The van der Waals surface area contributed by atoms with Gasteiger partial charge in [0.25, 0.3) is 0 Å². The van der Waals surface area contributed by atoms with Gasteiger partial charge in [-0.3, -0.25) is 4.79 Å². The van der Waals surface area contributed by atoms with E-state index in [1.165, 1.54) is 16.7 Å². The van der Waals surface area contributed by atoms with Gasteiger partial charge in [0.2, 0.25) is 5.91 Å². The predicted octanol–water partition coefficient (Wildman–Crippen LogP) is 4.21. The molecule has 148 valence electrons. The van der Waals surface area contributed by atoms with Crippen molar-refractivity contribution >= 4 is 28.9 Å². The molecular formula is C23H29N3OS. The van der Waals surface area contributed by atoms with Crippen LogP contribution in [0.1, 0.15) is 36.0 Å². The van der Waals surface area contributed by atoms with Crippen LogP contribution in [0.4, 0.5) is 5.69 Å². The van der Waals surface area contributed by atoms with Crippen LogP contribution in [-0.4, -0.2) is 35.1 Å². The van der Waals surface area contributed by atoms with Gasteiger partial charge in [0, 0.05) is 31.2 Å². The first kappa shape index (κ1) is 20.3. The predicted molar refractivity (Wildman–Crippen MR) is 120 cm³/mol. The van der Waals surface area contributed by atoms with Crippen molar-refractivity contribution in [3.8, 4) is 0 Å². The maximum absolute atomic E-state index is 12.2. The van der Waals surface area contributed by atoms with Crippen LogP contribution in [0.3, 0.4) is 0 Å². The van der Waals surface area contributed by atoms with E-state index in [1.54, 1.807) is 0 Å². The average molecular weight is 396 g/mol. The van der Waals surface area contributed by atoms with Crippen LogP contribution in [0.15, 0.2) is 48.5 Å². The van der Waals surface area contributed by atoms with Gasteiger partial charge in [-0.05, 0) is 68.1 Å². The van der Waals surface area contributed by atoms with Crippen molar-refractivity contribution in [3.05, 3.63) is 65.2 Å². The summed E-state index contributed by atoms with van der Waals surface area (Å²) in [5.74, 6) is 0.137. The van der Waals surface area contributed by atoms with Crippen LogP contribution < -0.4 is 10.6 Å². The van der Waals surface area contributed by atoms with E-state index in [4.69, 9.17) is 12.2 Å². The summed E-state index contributed by atoms with van der Waals surface area (Å²) in [6, 6.07) is 16.7. The van der Waals surface area contributed by atoms with Gasteiger partial charge < -0.3 is 15.5 Å². The molecule has 1 amide bonds. The van der Waals surface area contributed by atoms with Crippen LogP contribution in [-0.2, 0) is 11.2 Å². The normalized spacial score (nSPS) is 14.6. The highest BCUT2D eigenvalue weighted by atomic mass is 32.1. The fourth-order valence-electron chi connectivity index (χ4n) is 3.49. The number of anilines is 1. The lowest BCUT2D eigenvalue weighted by atomic mass is 10.0. The number of likely N-dealkylation sites (tertiary alicyclic amines) is 1. The number of amides is 1. The Bertz CT molecular complexity index is 814. The molecule has 2 aromatic carbocycles. The number of hydrogen-bond donors (Lipinski definition) is 2. The second-order valence-electron chi connectivity index (χ2n) is 7.56. The molecule has 0 radical (unpaired) electrons. The molecule has 1 aliphatic rings. The largest absolute Gasteiger partial charge is 0.353 e. The van der Waals surface area contributed by atoms with Crippen LogP contribution in [0.2, 0.25) is 0 Å². The summed E-state index contributed by atoms with van der Waals surface area (Å²) < 4.78 is 0. The number of piperidine rings is 1. The molecule has 0 spiro atoms. The highest BCUT2D eigenvalue weighted by Crippen LogP contribution is 2.18. The zero-order chi connectivity index (χ0) is 19.9. The zero-order valence-electron chi connectivity index (χ0n) is 16.7. The molecule has 5 heteroatoms. The molecule has 0 atom stereocenters. The molecule has 28 heavy (non-hydrogen) atoms. The molecule has 0 aromatic heterocycles. The fraction of sp³-hybridized carbons (Fsp3) is 0.391. The lowest BCUT2D eigenvalue weighted by Gasteiger charge is -2.34. The summed E-state index contributed by atoms with van der Waals surface area (Å²) >= 11 is 5.61. The summed E-state index contributed by atoms with van der Waals surface area (Å²) in [6.07, 6.45) is 3.17. The lowest BCUT2D eigenvalue weighted by molar-refractivity contribution is -0.122. The van der Waals surface area contributed by atoms with Gasteiger partial charge in [-0.15, -0.1) is 0 Å². The molecule has 1 heterocycles. The van der Waals surface area contributed by atoms with E-state index in [9.17, 15) is 4.79 Å². The Hall–Kier alpha value is -2.40. The number of nitrogens with zero attached hydrogens (tertiary/aromatic N) is 1. The fourth-order valence-corrected chi connectivity index (χ4v) is 3.79. The Morgan fingerprint density at radius 1 is 1.11 bits per heavy atom. The molecule has 1 fully saturated rings. The van der Waals surface area contributed by atoms with Crippen molar-refractivity contribution in [2.75, 3.05) is 18.4 Å². The number of benzene rings is 2. The lowest BCUT2D eigenvalue weighted by Crippen LogP contribution is -2.47. The molecular weight excluding hydrogens is 366 g/mol. The van der Waals surface area contributed by atoms with E-state index < -0.39 is 0 Å².